The van der Waals surface area contributed by atoms with Crippen molar-refractivity contribution in [1.82, 2.24) is 10.3 Å². The number of nitrogens with zero attached hydrogens (tertiary/aromatic N) is 2. The zero-order valence-corrected chi connectivity index (χ0v) is 22.6. The minimum absolute atomic E-state index is 0.0816. The molecule has 1 fully saturated rings. The van der Waals surface area contributed by atoms with E-state index in [0.29, 0.717) is 11.4 Å². The summed E-state index contributed by atoms with van der Waals surface area (Å²) in [5.41, 5.74) is 0.635. The van der Waals surface area contributed by atoms with Crippen LogP contribution in [0.3, 0.4) is 0 Å². The summed E-state index contributed by atoms with van der Waals surface area (Å²) >= 11 is 0. The molecule has 13 heteroatoms. The van der Waals surface area contributed by atoms with Gasteiger partial charge in [-0.05, 0) is 42.0 Å². The van der Waals surface area contributed by atoms with Gasteiger partial charge < -0.3 is 15.0 Å². The molecule has 1 aliphatic rings. The van der Waals surface area contributed by atoms with Crippen LogP contribution in [0.5, 0.6) is 5.88 Å². The van der Waals surface area contributed by atoms with Gasteiger partial charge in [0.1, 0.15) is 16.4 Å². The van der Waals surface area contributed by atoms with Crippen molar-refractivity contribution >= 4 is 37.2 Å². The molecule has 0 amide bonds. The Morgan fingerprint density at radius 1 is 0.947 bits per heavy atom. The van der Waals surface area contributed by atoms with Crippen LogP contribution >= 0.6 is 0 Å². The van der Waals surface area contributed by atoms with Crippen LogP contribution in [0.2, 0.25) is 0 Å². The maximum atomic E-state index is 13.4. The van der Waals surface area contributed by atoms with Gasteiger partial charge in [-0.25, -0.2) is 16.8 Å². The topological polar surface area (TPSA) is 130 Å². The van der Waals surface area contributed by atoms with E-state index in [1.807, 2.05) is 0 Å². The van der Waals surface area contributed by atoms with Gasteiger partial charge in [0.15, 0.2) is 0 Å². The van der Waals surface area contributed by atoms with Crippen molar-refractivity contribution in [3.8, 4) is 5.88 Å². The molecule has 0 bridgehead atoms. The summed E-state index contributed by atoms with van der Waals surface area (Å²) in [6.07, 6.45) is 0. The first-order chi connectivity index (χ1) is 18.1. The third-order valence-electron chi connectivity index (χ3n) is 6.14. The summed E-state index contributed by atoms with van der Waals surface area (Å²) in [6.45, 7) is 4.26. The number of aromatic nitrogens is 1. The van der Waals surface area contributed by atoms with Crippen molar-refractivity contribution < 1.29 is 26.0 Å². The van der Waals surface area contributed by atoms with E-state index in [9.17, 15) is 21.2 Å². The van der Waals surface area contributed by atoms with E-state index in [4.69, 9.17) is 4.74 Å². The van der Waals surface area contributed by atoms with Crippen molar-refractivity contribution in [3.05, 3.63) is 66.2 Å². The summed E-state index contributed by atoms with van der Waals surface area (Å²) < 4.78 is 75.9. The van der Waals surface area contributed by atoms with Crippen LogP contribution in [0.15, 0.2) is 70.5 Å². The SMILES string of the molecule is COc1nc(N2CCNCC2)ccc1NS(=O)(=O)c1ccccc1NS(=O)(=O)c1ccc(C(C)CF)cc1. The lowest BCUT2D eigenvalue weighted by molar-refractivity contribution is 0.399. The molecule has 3 aromatic rings. The number of rotatable bonds is 10. The molecule has 38 heavy (non-hydrogen) atoms. The van der Waals surface area contributed by atoms with E-state index in [-0.39, 0.29) is 33.0 Å². The van der Waals surface area contributed by atoms with E-state index >= 15 is 0 Å². The Morgan fingerprint density at radius 2 is 1.61 bits per heavy atom. The second-order valence-electron chi connectivity index (χ2n) is 8.79. The number of hydrogen-bond donors (Lipinski definition) is 3. The zero-order valence-electron chi connectivity index (χ0n) is 21.0. The van der Waals surface area contributed by atoms with Crippen LogP contribution in [-0.2, 0) is 20.0 Å². The molecule has 0 radical (unpaired) electrons. The summed E-state index contributed by atoms with van der Waals surface area (Å²) in [6, 6.07) is 14.7. The average molecular weight is 564 g/mol. The summed E-state index contributed by atoms with van der Waals surface area (Å²) in [5.74, 6) is 0.380. The molecule has 1 unspecified atom stereocenters. The first-order valence-electron chi connectivity index (χ1n) is 12.0. The molecule has 1 saturated heterocycles. The van der Waals surface area contributed by atoms with Crippen LogP contribution in [0.25, 0.3) is 0 Å². The fraction of sp³-hybridized carbons (Fsp3) is 0.320. The van der Waals surface area contributed by atoms with Crippen molar-refractivity contribution in [3.63, 3.8) is 0 Å². The molecule has 0 aliphatic carbocycles. The smallest absolute Gasteiger partial charge is 0.264 e. The van der Waals surface area contributed by atoms with Gasteiger partial charge in [0.25, 0.3) is 20.0 Å². The number of anilines is 3. The molecule has 1 aliphatic heterocycles. The Labute approximate surface area is 222 Å². The minimum atomic E-state index is -4.25. The predicted octanol–water partition coefficient (Wildman–Crippen LogP) is 3.17. The van der Waals surface area contributed by atoms with Crippen molar-refractivity contribution in [2.75, 3.05) is 54.3 Å². The number of methoxy groups -OCH3 is 1. The lowest BCUT2D eigenvalue weighted by atomic mass is 10.0. The number of pyridine rings is 1. The average Bonchev–Trinajstić information content (AvgIpc) is 2.93. The highest BCUT2D eigenvalue weighted by Gasteiger charge is 2.25. The first-order valence-corrected chi connectivity index (χ1v) is 14.9. The normalized spacial score (nSPS) is 15.1. The molecular formula is C25H30FN5O5S2. The van der Waals surface area contributed by atoms with Crippen LogP contribution in [0, 0.1) is 0 Å². The Bertz CT molecular complexity index is 1480. The van der Waals surface area contributed by atoms with Gasteiger partial charge in [-0.1, -0.05) is 31.2 Å². The summed E-state index contributed by atoms with van der Waals surface area (Å²) in [4.78, 5) is 6.16. The van der Waals surface area contributed by atoms with Crippen LogP contribution < -0.4 is 24.4 Å². The number of para-hydroxylation sites is 1. The van der Waals surface area contributed by atoms with Gasteiger partial charge in [0.05, 0.1) is 24.4 Å². The maximum Gasteiger partial charge on any atom is 0.264 e. The summed E-state index contributed by atoms with van der Waals surface area (Å²) in [7, 11) is -6.99. The Morgan fingerprint density at radius 3 is 2.26 bits per heavy atom. The number of sulfonamides is 2. The molecule has 0 saturated carbocycles. The quantitative estimate of drug-likeness (QED) is 0.343. The number of hydrogen-bond acceptors (Lipinski definition) is 8. The van der Waals surface area contributed by atoms with E-state index in [1.54, 1.807) is 19.1 Å². The second-order valence-corrected chi connectivity index (χ2v) is 12.1. The third-order valence-corrected chi connectivity index (χ3v) is 8.94. The number of ether oxygens (including phenoxy) is 1. The lowest BCUT2D eigenvalue weighted by Crippen LogP contribution is -2.43. The van der Waals surface area contributed by atoms with Crippen molar-refractivity contribution in [2.45, 2.75) is 22.6 Å². The molecule has 1 atom stereocenters. The predicted molar refractivity (Wildman–Crippen MR) is 145 cm³/mol. The fourth-order valence-electron chi connectivity index (χ4n) is 3.99. The Kier molecular flexibility index (Phi) is 8.38. The summed E-state index contributed by atoms with van der Waals surface area (Å²) in [5, 5.41) is 3.26. The fourth-order valence-corrected chi connectivity index (χ4v) is 6.35. The van der Waals surface area contributed by atoms with Gasteiger partial charge in [0, 0.05) is 32.1 Å². The molecule has 204 valence electrons. The molecule has 3 N–H and O–H groups in total. The number of nitrogens with one attached hydrogen (secondary N) is 3. The monoisotopic (exact) mass is 563 g/mol. The van der Waals surface area contributed by atoms with Gasteiger partial charge >= 0.3 is 0 Å². The highest BCUT2D eigenvalue weighted by molar-refractivity contribution is 7.94. The van der Waals surface area contributed by atoms with Crippen molar-refractivity contribution in [2.24, 2.45) is 0 Å². The van der Waals surface area contributed by atoms with Gasteiger partial charge in [-0.15, -0.1) is 0 Å². The standard InChI is InChI=1S/C25H30FN5O5S2/c1-18(17-26)19-7-9-20(10-8-19)37(32,33)29-21-5-3-4-6-23(21)38(34,35)30-22-11-12-24(28-25(22)36-2)31-15-13-27-14-16-31/h3-12,18,27,29-30H,13-17H2,1-2H3. The van der Waals surface area contributed by atoms with E-state index in [2.05, 4.69) is 24.6 Å². The van der Waals surface area contributed by atoms with Gasteiger partial charge in [-0.3, -0.25) is 13.8 Å². The second kappa shape index (κ2) is 11.5. The Balaban J connectivity index is 1.59. The molecule has 2 aromatic carbocycles. The van der Waals surface area contributed by atoms with Crippen LogP contribution in [-0.4, -0.2) is 61.8 Å². The molecule has 0 spiro atoms. The third kappa shape index (κ3) is 6.17. The van der Waals surface area contributed by atoms with Gasteiger partial charge in [0.2, 0.25) is 5.88 Å². The number of piperazine rings is 1. The van der Waals surface area contributed by atoms with Gasteiger partial charge in [-0.2, -0.15) is 4.98 Å². The zero-order chi connectivity index (χ0) is 27.3. The largest absolute Gasteiger partial charge is 0.479 e. The van der Waals surface area contributed by atoms with E-state index in [0.717, 1.165) is 26.2 Å². The van der Waals surface area contributed by atoms with E-state index in [1.165, 1.54) is 55.6 Å². The van der Waals surface area contributed by atoms with Crippen LogP contribution in [0.1, 0.15) is 18.4 Å². The number of benzene rings is 2. The molecule has 4 rings (SSSR count). The van der Waals surface area contributed by atoms with E-state index < -0.39 is 26.7 Å². The number of alkyl halides is 1. The first kappa shape index (κ1) is 27.6. The van der Waals surface area contributed by atoms with Crippen LogP contribution in [0.4, 0.5) is 21.6 Å². The molecule has 10 nitrogen and oxygen atoms in total. The number of halogens is 1. The molecular weight excluding hydrogens is 533 g/mol. The minimum Gasteiger partial charge on any atom is -0.479 e. The highest BCUT2D eigenvalue weighted by Crippen LogP contribution is 2.31. The highest BCUT2D eigenvalue weighted by atomic mass is 32.2. The van der Waals surface area contributed by atoms with Crippen molar-refractivity contribution in [1.29, 1.82) is 0 Å². The molecule has 1 aromatic heterocycles. The Hall–Kier alpha value is -3.42. The lowest BCUT2D eigenvalue weighted by Gasteiger charge is -2.28. The molecule has 2 heterocycles. The maximum absolute atomic E-state index is 13.4.